The summed E-state index contributed by atoms with van der Waals surface area (Å²) in [6.07, 6.45) is 5.06. The molecule has 2 atom stereocenters. The molecule has 0 aromatic carbocycles. The maximum atomic E-state index is 15.4. The van der Waals surface area contributed by atoms with Gasteiger partial charge in [-0.15, -0.1) is 0 Å². The van der Waals surface area contributed by atoms with Gasteiger partial charge in [0.25, 0.3) is 0 Å². The normalized spacial score (nSPS) is 20.4. The van der Waals surface area contributed by atoms with Gasteiger partial charge >= 0.3 is 0 Å². The molecule has 1 saturated carbocycles. The van der Waals surface area contributed by atoms with Crippen molar-refractivity contribution in [2.24, 2.45) is 11.8 Å². The molecular formula is C22H34ClFN6O4. The number of hydrogen-bond acceptors (Lipinski definition) is 8. The van der Waals surface area contributed by atoms with Crippen molar-refractivity contribution in [3.63, 3.8) is 0 Å². The van der Waals surface area contributed by atoms with Crippen molar-refractivity contribution in [3.05, 3.63) is 16.8 Å². The second-order valence-electron chi connectivity index (χ2n) is 9.17. The molecule has 1 aromatic heterocycles. The van der Waals surface area contributed by atoms with Crippen LogP contribution in [0.5, 0.6) is 0 Å². The van der Waals surface area contributed by atoms with Crippen LogP contribution in [0.25, 0.3) is 0 Å². The summed E-state index contributed by atoms with van der Waals surface area (Å²) in [4.78, 5) is 35.8. The van der Waals surface area contributed by atoms with E-state index in [4.69, 9.17) is 16.7 Å². The van der Waals surface area contributed by atoms with Gasteiger partial charge in [-0.1, -0.05) is 25.7 Å². The van der Waals surface area contributed by atoms with Crippen molar-refractivity contribution in [2.75, 3.05) is 44.2 Å². The number of carbonyl (C=O) groups excluding carboxylic acids is 2. The van der Waals surface area contributed by atoms with E-state index in [1.807, 2.05) is 11.8 Å². The zero-order chi connectivity index (χ0) is 24.7. The third-order valence-corrected chi connectivity index (χ3v) is 6.87. The molecule has 10 nitrogen and oxygen atoms in total. The summed E-state index contributed by atoms with van der Waals surface area (Å²) < 4.78 is 15.4. The van der Waals surface area contributed by atoms with Crippen LogP contribution in [0.15, 0.2) is 0 Å². The molecule has 1 aromatic rings. The fraction of sp³-hybridized carbons (Fsp3) is 0.727. The Morgan fingerprint density at radius 3 is 2.74 bits per heavy atom. The van der Waals surface area contributed by atoms with Crippen molar-refractivity contribution in [1.29, 1.82) is 0 Å². The first-order valence-corrected chi connectivity index (χ1v) is 12.2. The number of aliphatic hydroxyl groups excluding tert-OH is 1. The molecule has 0 bridgehead atoms. The monoisotopic (exact) mass is 500 g/mol. The lowest BCUT2D eigenvalue weighted by molar-refractivity contribution is -0.155. The summed E-state index contributed by atoms with van der Waals surface area (Å²) in [5.74, 6) is -1.19. The number of hydroxylamine groups is 2. The van der Waals surface area contributed by atoms with E-state index < -0.39 is 11.7 Å². The van der Waals surface area contributed by atoms with Crippen LogP contribution in [0.3, 0.4) is 0 Å². The SMILES string of the molecule is C[C@@H]1CN(CCO)CCN1c1nc(Cl)nc(CNC(=O)[C@H](CC2CCCC2)CN(O)C=O)c1F. The molecule has 12 heteroatoms. The molecule has 190 valence electrons. The predicted octanol–water partition coefficient (Wildman–Crippen LogP) is 1.43. The summed E-state index contributed by atoms with van der Waals surface area (Å²) in [6.45, 7) is 4.06. The van der Waals surface area contributed by atoms with Gasteiger partial charge in [0.1, 0.15) is 5.69 Å². The average molecular weight is 501 g/mol. The molecule has 3 N–H and O–H groups in total. The summed E-state index contributed by atoms with van der Waals surface area (Å²) >= 11 is 6.10. The molecule has 1 aliphatic heterocycles. The van der Waals surface area contributed by atoms with Crippen LogP contribution in [-0.4, -0.2) is 87.9 Å². The van der Waals surface area contributed by atoms with E-state index in [0.717, 1.165) is 25.7 Å². The Kier molecular flexibility index (Phi) is 9.81. The van der Waals surface area contributed by atoms with Crippen LogP contribution in [-0.2, 0) is 16.1 Å². The lowest BCUT2D eigenvalue weighted by atomic mass is 9.92. The van der Waals surface area contributed by atoms with E-state index in [1.165, 1.54) is 0 Å². The Bertz CT molecular complexity index is 844. The quantitative estimate of drug-likeness (QED) is 0.180. The van der Waals surface area contributed by atoms with Crippen LogP contribution < -0.4 is 10.2 Å². The number of rotatable bonds is 11. The number of β-amino-alcohol motifs (C(OH)–C–C–N with tert-alkyl or cyclic N) is 1. The third kappa shape index (κ3) is 6.97. The fourth-order valence-corrected chi connectivity index (χ4v) is 5.13. The first-order chi connectivity index (χ1) is 16.3. The number of amides is 2. The molecule has 0 radical (unpaired) electrons. The topological polar surface area (TPSA) is 122 Å². The minimum Gasteiger partial charge on any atom is -0.395 e. The van der Waals surface area contributed by atoms with Crippen molar-refractivity contribution in [3.8, 4) is 0 Å². The van der Waals surface area contributed by atoms with E-state index in [0.29, 0.717) is 43.6 Å². The summed E-state index contributed by atoms with van der Waals surface area (Å²) in [7, 11) is 0. The van der Waals surface area contributed by atoms with E-state index in [1.54, 1.807) is 0 Å². The van der Waals surface area contributed by atoms with Gasteiger partial charge < -0.3 is 15.3 Å². The number of nitrogens with one attached hydrogen (secondary N) is 1. The highest BCUT2D eigenvalue weighted by Gasteiger charge is 2.30. The van der Waals surface area contributed by atoms with Gasteiger partial charge in [0.2, 0.25) is 17.6 Å². The van der Waals surface area contributed by atoms with Crippen LogP contribution in [0.4, 0.5) is 10.2 Å². The standard InChI is InChI=1S/C22H34ClFN6O4/c1-15-12-28(8-9-31)6-7-30(15)20-19(24)18(26-22(23)27-20)11-25-21(33)17(13-29(34)14-32)10-16-4-2-3-5-16/h14-17,31,34H,2-13H2,1H3,(H,25,33)/t15-,17-/m1/s1. The first-order valence-electron chi connectivity index (χ1n) is 11.8. The fourth-order valence-electron chi connectivity index (χ4n) is 4.95. The number of piperazine rings is 1. The van der Waals surface area contributed by atoms with Crippen molar-refractivity contribution >= 4 is 29.7 Å². The maximum absolute atomic E-state index is 15.4. The Labute approximate surface area is 204 Å². The summed E-state index contributed by atoms with van der Waals surface area (Å²) in [5, 5.41) is 21.9. The third-order valence-electron chi connectivity index (χ3n) is 6.70. The van der Waals surface area contributed by atoms with Crippen LogP contribution in [0.2, 0.25) is 5.28 Å². The second kappa shape index (κ2) is 12.6. The lowest BCUT2D eigenvalue weighted by Gasteiger charge is -2.40. The number of anilines is 1. The summed E-state index contributed by atoms with van der Waals surface area (Å²) in [6, 6.07) is -0.0575. The zero-order valence-corrected chi connectivity index (χ0v) is 20.3. The molecule has 2 heterocycles. The smallest absolute Gasteiger partial charge is 0.233 e. The maximum Gasteiger partial charge on any atom is 0.233 e. The van der Waals surface area contributed by atoms with E-state index in [-0.39, 0.29) is 54.9 Å². The molecule has 2 aliphatic rings. The molecule has 2 amide bonds. The highest BCUT2D eigenvalue weighted by atomic mass is 35.5. The Balaban J connectivity index is 1.69. The zero-order valence-electron chi connectivity index (χ0n) is 19.5. The number of hydrogen-bond donors (Lipinski definition) is 3. The van der Waals surface area contributed by atoms with Crippen molar-refractivity contribution in [2.45, 2.75) is 51.6 Å². The van der Waals surface area contributed by atoms with Crippen LogP contribution >= 0.6 is 11.6 Å². The largest absolute Gasteiger partial charge is 0.395 e. The predicted molar refractivity (Wildman–Crippen MR) is 124 cm³/mol. The van der Waals surface area contributed by atoms with Crippen molar-refractivity contribution in [1.82, 2.24) is 25.2 Å². The van der Waals surface area contributed by atoms with Gasteiger partial charge in [-0.05, 0) is 30.9 Å². The average Bonchev–Trinajstić information content (AvgIpc) is 3.32. The number of carbonyl (C=O) groups is 2. The van der Waals surface area contributed by atoms with Gasteiger partial charge in [0.05, 0.1) is 25.6 Å². The minimum atomic E-state index is -0.642. The van der Waals surface area contributed by atoms with E-state index in [9.17, 15) is 14.8 Å². The van der Waals surface area contributed by atoms with Crippen LogP contribution in [0.1, 0.15) is 44.7 Å². The molecule has 1 aliphatic carbocycles. The molecule has 3 rings (SSSR count). The van der Waals surface area contributed by atoms with Crippen LogP contribution in [0, 0.1) is 17.7 Å². The Morgan fingerprint density at radius 1 is 1.35 bits per heavy atom. The highest BCUT2D eigenvalue weighted by molar-refractivity contribution is 6.28. The van der Waals surface area contributed by atoms with Gasteiger partial charge in [0, 0.05) is 32.2 Å². The molecule has 34 heavy (non-hydrogen) atoms. The van der Waals surface area contributed by atoms with E-state index in [2.05, 4.69) is 20.2 Å². The number of aliphatic hydroxyl groups is 1. The highest BCUT2D eigenvalue weighted by Crippen LogP contribution is 2.31. The Morgan fingerprint density at radius 2 is 2.09 bits per heavy atom. The molecule has 1 saturated heterocycles. The van der Waals surface area contributed by atoms with E-state index >= 15 is 4.39 Å². The summed E-state index contributed by atoms with van der Waals surface area (Å²) in [5.41, 5.74) is -0.0239. The van der Waals surface area contributed by atoms with Gasteiger partial charge in [-0.2, -0.15) is 4.98 Å². The second-order valence-corrected chi connectivity index (χ2v) is 9.51. The lowest BCUT2D eigenvalue weighted by Crippen LogP contribution is -2.53. The molecule has 0 spiro atoms. The molecule has 2 fully saturated rings. The molecular weight excluding hydrogens is 467 g/mol. The van der Waals surface area contributed by atoms with Gasteiger partial charge in [-0.3, -0.25) is 19.7 Å². The minimum absolute atomic E-state index is 0.0239. The number of aromatic nitrogens is 2. The number of nitrogens with zero attached hydrogens (tertiary/aromatic N) is 5. The van der Waals surface area contributed by atoms with Gasteiger partial charge in [0.15, 0.2) is 11.6 Å². The first kappa shape index (κ1) is 26.5. The van der Waals surface area contributed by atoms with Gasteiger partial charge in [-0.25, -0.2) is 14.4 Å². The van der Waals surface area contributed by atoms with Crippen molar-refractivity contribution < 1.29 is 24.3 Å². The molecule has 0 unspecified atom stereocenters. The number of halogens is 2. The Hall–Kier alpha value is -2.08.